The molecule has 11 nitrogen and oxygen atoms in total. The molecule has 2 aromatic rings. The summed E-state index contributed by atoms with van der Waals surface area (Å²) in [6.45, 7) is 6.52. The number of rotatable bonds is 18. The number of benzene rings is 2. The number of hydrogen-bond donors (Lipinski definition) is 1. The molecule has 2 aromatic carbocycles. The number of piperidine rings is 1. The second-order valence-corrected chi connectivity index (χ2v) is 12.3. The Morgan fingerprint density at radius 3 is 2.47 bits per heavy atom. The van der Waals surface area contributed by atoms with Crippen LogP contribution in [0.1, 0.15) is 76.5 Å². The van der Waals surface area contributed by atoms with Gasteiger partial charge in [-0.15, -0.1) is 0 Å². The van der Waals surface area contributed by atoms with Crippen molar-refractivity contribution in [1.29, 1.82) is 0 Å². The van der Waals surface area contributed by atoms with E-state index in [0.29, 0.717) is 81.0 Å². The average Bonchev–Trinajstić information content (AvgIpc) is 3.10. The Morgan fingerprint density at radius 2 is 1.77 bits per heavy atom. The van der Waals surface area contributed by atoms with Gasteiger partial charge in [-0.2, -0.15) is 0 Å². The zero-order valence-corrected chi connectivity index (χ0v) is 28.6. The molecule has 1 saturated heterocycles. The van der Waals surface area contributed by atoms with Crippen LogP contribution in [0.15, 0.2) is 42.5 Å². The molecule has 0 spiro atoms. The lowest BCUT2D eigenvalue weighted by Gasteiger charge is -2.36. The summed E-state index contributed by atoms with van der Waals surface area (Å²) < 4.78 is 27.8. The van der Waals surface area contributed by atoms with E-state index in [1.54, 1.807) is 53.4 Å². The van der Waals surface area contributed by atoms with E-state index in [0.717, 1.165) is 12.0 Å². The number of methoxy groups -OCH3 is 3. The number of amides is 2. The molecule has 0 saturated carbocycles. The molecule has 1 aliphatic heterocycles. The van der Waals surface area contributed by atoms with Crippen LogP contribution in [0.2, 0.25) is 0 Å². The van der Waals surface area contributed by atoms with Gasteiger partial charge in [0.15, 0.2) is 18.1 Å². The molecule has 0 bridgehead atoms. The minimum atomic E-state index is -0.863. The number of hydrogen-bond acceptors (Lipinski definition) is 9. The van der Waals surface area contributed by atoms with E-state index in [1.807, 2.05) is 31.2 Å². The molecule has 0 aromatic heterocycles. The van der Waals surface area contributed by atoms with E-state index in [-0.39, 0.29) is 12.5 Å². The standard InChI is InChI=1S/C36H50N2O9/c1-7-36(2,3)33(40)34(41)38-20-9-8-14-28(38)35(42)47-29(17-15-25-16-18-30(44-5)31(22-25)45-6)26-12-10-13-27(23-26)46-24-32(39)37-19-11-21-43-4/h10,12-13,16,18,22-23,28-29H,7-9,11,14-15,17,19-21,24H2,1-6H3,(H,37,39)/t28?,29-/m1/s1. The minimum Gasteiger partial charge on any atom is -0.493 e. The van der Waals surface area contributed by atoms with Crippen molar-refractivity contribution in [3.05, 3.63) is 53.6 Å². The van der Waals surface area contributed by atoms with E-state index in [2.05, 4.69) is 5.32 Å². The number of carbonyl (C=O) groups excluding carboxylic acids is 4. The fraction of sp³-hybridized carbons (Fsp3) is 0.556. The van der Waals surface area contributed by atoms with Gasteiger partial charge in [0, 0.05) is 32.2 Å². The van der Waals surface area contributed by atoms with Crippen LogP contribution < -0.4 is 19.5 Å². The first-order valence-corrected chi connectivity index (χ1v) is 16.3. The van der Waals surface area contributed by atoms with Crippen LogP contribution in [0.4, 0.5) is 0 Å². The van der Waals surface area contributed by atoms with Crippen LogP contribution in [-0.4, -0.2) is 82.1 Å². The van der Waals surface area contributed by atoms with Gasteiger partial charge in [-0.25, -0.2) is 4.79 Å². The zero-order chi connectivity index (χ0) is 34.4. The molecule has 0 aliphatic carbocycles. The molecule has 11 heteroatoms. The van der Waals surface area contributed by atoms with Crippen LogP contribution in [0.25, 0.3) is 0 Å². The first-order chi connectivity index (χ1) is 22.5. The predicted octanol–water partition coefficient (Wildman–Crippen LogP) is 4.84. The van der Waals surface area contributed by atoms with Crippen molar-refractivity contribution in [2.45, 2.75) is 77.9 Å². The van der Waals surface area contributed by atoms with Gasteiger partial charge in [0.1, 0.15) is 17.9 Å². The highest BCUT2D eigenvalue weighted by Crippen LogP contribution is 2.32. The highest BCUT2D eigenvalue weighted by molar-refractivity contribution is 6.38. The van der Waals surface area contributed by atoms with Crippen LogP contribution in [0.3, 0.4) is 0 Å². The number of esters is 1. The maximum absolute atomic E-state index is 13.8. The van der Waals surface area contributed by atoms with Crippen molar-refractivity contribution in [3.63, 3.8) is 0 Å². The predicted molar refractivity (Wildman–Crippen MR) is 177 cm³/mol. The highest BCUT2D eigenvalue weighted by atomic mass is 16.5. The van der Waals surface area contributed by atoms with Crippen molar-refractivity contribution < 1.29 is 42.9 Å². The molecule has 258 valence electrons. The normalized spacial score (nSPS) is 15.4. The fourth-order valence-electron chi connectivity index (χ4n) is 5.30. The number of aryl methyl sites for hydroxylation is 1. The van der Waals surface area contributed by atoms with E-state index >= 15 is 0 Å². The third kappa shape index (κ3) is 10.7. The summed E-state index contributed by atoms with van der Waals surface area (Å²) in [5.41, 5.74) is 0.795. The second-order valence-electron chi connectivity index (χ2n) is 12.3. The molecular weight excluding hydrogens is 604 g/mol. The summed E-state index contributed by atoms with van der Waals surface area (Å²) in [7, 11) is 4.75. The van der Waals surface area contributed by atoms with E-state index in [9.17, 15) is 19.2 Å². The summed E-state index contributed by atoms with van der Waals surface area (Å²) >= 11 is 0. The lowest BCUT2D eigenvalue weighted by Crippen LogP contribution is -2.53. The third-order valence-electron chi connectivity index (χ3n) is 8.58. The van der Waals surface area contributed by atoms with Crippen molar-refractivity contribution in [1.82, 2.24) is 10.2 Å². The van der Waals surface area contributed by atoms with Gasteiger partial charge >= 0.3 is 5.97 Å². The lowest BCUT2D eigenvalue weighted by atomic mass is 9.84. The lowest BCUT2D eigenvalue weighted by molar-refractivity contribution is -0.164. The number of nitrogens with one attached hydrogen (secondary N) is 1. The van der Waals surface area contributed by atoms with Crippen LogP contribution >= 0.6 is 0 Å². The van der Waals surface area contributed by atoms with Crippen molar-refractivity contribution >= 4 is 23.6 Å². The Bertz CT molecular complexity index is 1360. The van der Waals surface area contributed by atoms with Crippen molar-refractivity contribution in [2.24, 2.45) is 5.41 Å². The quantitative estimate of drug-likeness (QED) is 0.136. The van der Waals surface area contributed by atoms with Crippen LogP contribution in [0.5, 0.6) is 17.2 Å². The van der Waals surface area contributed by atoms with E-state index in [1.165, 1.54) is 4.90 Å². The Balaban J connectivity index is 1.82. The SMILES string of the molecule is CCC(C)(C)C(=O)C(=O)N1CCCCC1C(=O)O[C@H](CCc1ccc(OC)c(OC)c1)c1cccc(OCC(=O)NCCCOC)c1. The van der Waals surface area contributed by atoms with E-state index in [4.69, 9.17) is 23.7 Å². The van der Waals surface area contributed by atoms with Gasteiger partial charge in [0.2, 0.25) is 5.78 Å². The summed E-state index contributed by atoms with van der Waals surface area (Å²) in [6.07, 6.45) is 3.29. The number of ether oxygens (including phenoxy) is 5. The molecule has 2 amide bonds. The Labute approximate surface area is 278 Å². The molecule has 1 N–H and O–H groups in total. The maximum atomic E-state index is 13.8. The van der Waals surface area contributed by atoms with Gasteiger partial charge in [0.05, 0.1) is 14.2 Å². The molecule has 1 fully saturated rings. The number of nitrogens with zero attached hydrogens (tertiary/aromatic N) is 1. The number of Topliss-reactive ketones (excluding diaryl/α,β-unsaturated/α-hetero) is 1. The second kappa shape index (κ2) is 18.3. The van der Waals surface area contributed by atoms with Gasteiger partial charge in [-0.1, -0.05) is 39.0 Å². The monoisotopic (exact) mass is 654 g/mol. The van der Waals surface area contributed by atoms with Crippen molar-refractivity contribution in [3.8, 4) is 17.2 Å². The largest absolute Gasteiger partial charge is 0.493 e. The fourth-order valence-corrected chi connectivity index (χ4v) is 5.30. The number of carbonyl (C=O) groups is 4. The first kappa shape index (κ1) is 37.3. The molecular formula is C36H50N2O9. The van der Waals surface area contributed by atoms with Gasteiger partial charge < -0.3 is 33.9 Å². The molecule has 3 rings (SSSR count). The molecule has 1 heterocycles. The molecule has 2 atom stereocenters. The smallest absolute Gasteiger partial charge is 0.329 e. The number of likely N-dealkylation sites (tertiary alicyclic amines) is 1. The van der Waals surface area contributed by atoms with Crippen LogP contribution in [-0.2, 0) is 35.1 Å². The van der Waals surface area contributed by atoms with Crippen LogP contribution in [0, 0.1) is 5.41 Å². The van der Waals surface area contributed by atoms with E-state index < -0.39 is 35.2 Å². The zero-order valence-electron chi connectivity index (χ0n) is 28.6. The van der Waals surface area contributed by atoms with Gasteiger partial charge in [0.25, 0.3) is 11.8 Å². The minimum absolute atomic E-state index is 0.173. The highest BCUT2D eigenvalue weighted by Gasteiger charge is 2.41. The third-order valence-corrected chi connectivity index (χ3v) is 8.58. The molecule has 0 radical (unpaired) electrons. The molecule has 1 unspecified atom stereocenters. The summed E-state index contributed by atoms with van der Waals surface area (Å²) in [4.78, 5) is 53.9. The van der Waals surface area contributed by atoms with Crippen molar-refractivity contribution in [2.75, 3.05) is 47.6 Å². The van der Waals surface area contributed by atoms with Gasteiger partial charge in [-0.3, -0.25) is 14.4 Å². The summed E-state index contributed by atoms with van der Waals surface area (Å²) in [6, 6.07) is 11.9. The average molecular weight is 655 g/mol. The first-order valence-electron chi connectivity index (χ1n) is 16.3. The number of ketones is 1. The van der Waals surface area contributed by atoms with Gasteiger partial charge in [-0.05, 0) is 80.3 Å². The topological polar surface area (TPSA) is 130 Å². The molecule has 1 aliphatic rings. The Kier molecular flexibility index (Phi) is 14.5. The Morgan fingerprint density at radius 1 is 1.00 bits per heavy atom. The Hall–Kier alpha value is -4.12. The summed E-state index contributed by atoms with van der Waals surface area (Å²) in [5.74, 6) is -0.317. The molecule has 47 heavy (non-hydrogen) atoms. The maximum Gasteiger partial charge on any atom is 0.329 e. The summed E-state index contributed by atoms with van der Waals surface area (Å²) in [5, 5.41) is 2.79.